The molecule has 3 rings (SSSR count). The molecular weight excluding hydrogens is 417 g/mol. The van der Waals surface area contributed by atoms with Gasteiger partial charge in [-0.05, 0) is 31.2 Å². The fraction of sp³-hybridized carbons (Fsp3) is 0.375. The maximum Gasteiger partial charge on any atom is 0.416 e. The number of nitrogens with zero attached hydrogens (tertiary/aromatic N) is 5. The molecule has 0 aliphatic rings. The van der Waals surface area contributed by atoms with Gasteiger partial charge in [-0.25, -0.2) is 9.48 Å². The number of alkyl halides is 3. The van der Waals surface area contributed by atoms with Crippen LogP contribution in [0, 0.1) is 0 Å². The average molecular weight is 433 g/mol. The quantitative estimate of drug-likeness (QED) is 0.542. The maximum absolute atomic E-state index is 12.8. The third-order valence-corrected chi connectivity index (χ3v) is 4.26. The zero-order chi connectivity index (χ0) is 21.3. The van der Waals surface area contributed by atoms with Crippen LogP contribution in [0.2, 0.25) is 5.02 Å². The normalized spacial score (nSPS) is 14.2. The lowest BCUT2D eigenvalue weighted by Crippen LogP contribution is -2.37. The summed E-state index contributed by atoms with van der Waals surface area (Å²) >= 11 is 5.83. The van der Waals surface area contributed by atoms with E-state index in [4.69, 9.17) is 11.6 Å². The molecule has 0 fully saturated rings. The molecule has 1 unspecified atom stereocenters. The van der Waals surface area contributed by atoms with Crippen LogP contribution in [0.4, 0.5) is 13.2 Å². The van der Waals surface area contributed by atoms with Crippen molar-refractivity contribution < 1.29 is 23.4 Å². The van der Waals surface area contributed by atoms with Gasteiger partial charge in [0.15, 0.2) is 23.6 Å². The molecule has 0 saturated carbocycles. The zero-order valence-electron chi connectivity index (χ0n) is 14.9. The van der Waals surface area contributed by atoms with Crippen molar-refractivity contribution in [2.45, 2.75) is 38.4 Å². The Morgan fingerprint density at radius 1 is 1.21 bits per heavy atom. The molecular formula is C16H16ClF3N6O3. The van der Waals surface area contributed by atoms with Gasteiger partial charge in [-0.1, -0.05) is 11.6 Å². The number of H-pyrrole nitrogens is 1. The molecule has 3 N–H and O–H groups in total. The number of halogens is 4. The number of aromatic amines is 1. The number of aliphatic hydroxyl groups is 2. The Bertz CT molecular complexity index is 1040. The third-order valence-electron chi connectivity index (χ3n) is 4.00. The van der Waals surface area contributed by atoms with Crippen LogP contribution in [-0.2, 0) is 13.1 Å². The molecule has 1 aromatic carbocycles. The Balaban J connectivity index is 2.02. The minimum absolute atomic E-state index is 0.0785. The first-order valence-corrected chi connectivity index (χ1v) is 8.72. The van der Waals surface area contributed by atoms with Crippen molar-refractivity contribution in [1.82, 2.24) is 29.5 Å². The molecule has 156 valence electrons. The third kappa shape index (κ3) is 4.66. The standard InChI is InChI=1S/C16H16ClF3N6O3/c1-8(27)13-21-12(22-23-13)7-26-15(29)25(6-11(28)16(18,19)20)14(24-26)9-2-4-10(17)5-3-9/h2-5,8,11,27-28H,6-7H2,1H3,(H,21,22,23)/t8?,11-/m0/s1. The molecule has 3 aromatic rings. The predicted molar refractivity (Wildman–Crippen MR) is 95.1 cm³/mol. The van der Waals surface area contributed by atoms with E-state index >= 15 is 0 Å². The van der Waals surface area contributed by atoms with Crippen molar-refractivity contribution in [2.24, 2.45) is 0 Å². The number of hydrogen-bond acceptors (Lipinski definition) is 6. The Hall–Kier alpha value is -2.70. The molecule has 2 atom stereocenters. The second-order valence-corrected chi connectivity index (χ2v) is 6.71. The zero-order valence-corrected chi connectivity index (χ0v) is 15.7. The van der Waals surface area contributed by atoms with Gasteiger partial charge in [0.25, 0.3) is 0 Å². The van der Waals surface area contributed by atoms with Gasteiger partial charge >= 0.3 is 11.9 Å². The minimum Gasteiger partial charge on any atom is -0.385 e. The summed E-state index contributed by atoms with van der Waals surface area (Å²) in [6.07, 6.45) is -8.58. The van der Waals surface area contributed by atoms with Crippen LogP contribution >= 0.6 is 11.6 Å². The fourth-order valence-corrected chi connectivity index (χ4v) is 2.64. The SMILES string of the molecule is CC(O)c1nnc(Cn2nc(-c3ccc(Cl)cc3)n(C[C@H](O)C(F)(F)F)c2=O)[nH]1. The highest BCUT2D eigenvalue weighted by molar-refractivity contribution is 6.30. The topological polar surface area (TPSA) is 122 Å². The number of hydrogen-bond donors (Lipinski definition) is 3. The molecule has 29 heavy (non-hydrogen) atoms. The molecule has 0 aliphatic carbocycles. The summed E-state index contributed by atoms with van der Waals surface area (Å²) in [5.74, 6) is 0.259. The second kappa shape index (κ2) is 7.97. The summed E-state index contributed by atoms with van der Waals surface area (Å²) < 4.78 is 40.1. The highest BCUT2D eigenvalue weighted by Gasteiger charge is 2.39. The van der Waals surface area contributed by atoms with Crippen molar-refractivity contribution in [2.75, 3.05) is 0 Å². The van der Waals surface area contributed by atoms with E-state index in [9.17, 15) is 28.2 Å². The van der Waals surface area contributed by atoms with Crippen LogP contribution in [0.1, 0.15) is 24.7 Å². The molecule has 0 aliphatic heterocycles. The lowest BCUT2D eigenvalue weighted by Gasteiger charge is -2.15. The first-order chi connectivity index (χ1) is 13.6. The van der Waals surface area contributed by atoms with E-state index in [-0.39, 0.29) is 24.0 Å². The molecule has 0 saturated heterocycles. The summed E-state index contributed by atoms with van der Waals surface area (Å²) in [6.45, 7) is 0.201. The van der Waals surface area contributed by atoms with Crippen LogP contribution in [0.15, 0.2) is 29.1 Å². The van der Waals surface area contributed by atoms with Gasteiger partial charge in [0.1, 0.15) is 12.6 Å². The highest BCUT2D eigenvalue weighted by Crippen LogP contribution is 2.24. The van der Waals surface area contributed by atoms with E-state index in [0.29, 0.717) is 10.6 Å². The van der Waals surface area contributed by atoms with E-state index < -0.39 is 30.6 Å². The first-order valence-electron chi connectivity index (χ1n) is 8.34. The summed E-state index contributed by atoms with van der Waals surface area (Å²) in [5.41, 5.74) is -0.546. The van der Waals surface area contributed by atoms with Gasteiger partial charge < -0.3 is 15.2 Å². The van der Waals surface area contributed by atoms with Gasteiger partial charge in [0, 0.05) is 10.6 Å². The Morgan fingerprint density at radius 2 is 1.86 bits per heavy atom. The van der Waals surface area contributed by atoms with Gasteiger partial charge in [-0.15, -0.1) is 15.3 Å². The van der Waals surface area contributed by atoms with Crippen LogP contribution < -0.4 is 5.69 Å². The Kier molecular flexibility index (Phi) is 5.78. The van der Waals surface area contributed by atoms with Crippen molar-refractivity contribution >= 4 is 11.6 Å². The molecule has 13 heteroatoms. The summed E-state index contributed by atoms with van der Waals surface area (Å²) in [6, 6.07) is 5.97. The second-order valence-electron chi connectivity index (χ2n) is 6.27. The molecule has 2 aromatic heterocycles. The van der Waals surface area contributed by atoms with Gasteiger partial charge in [-0.2, -0.15) is 13.2 Å². The first kappa shape index (κ1) is 21.0. The molecule has 0 amide bonds. The van der Waals surface area contributed by atoms with Crippen molar-refractivity contribution in [3.8, 4) is 11.4 Å². The molecule has 0 bridgehead atoms. The number of nitrogens with one attached hydrogen (secondary N) is 1. The van der Waals surface area contributed by atoms with E-state index in [1.54, 1.807) is 0 Å². The van der Waals surface area contributed by atoms with E-state index in [2.05, 4.69) is 20.3 Å². The van der Waals surface area contributed by atoms with Crippen LogP contribution in [0.3, 0.4) is 0 Å². The van der Waals surface area contributed by atoms with Crippen molar-refractivity contribution in [1.29, 1.82) is 0 Å². The monoisotopic (exact) mass is 432 g/mol. The van der Waals surface area contributed by atoms with E-state index in [1.807, 2.05) is 0 Å². The molecule has 2 heterocycles. The highest BCUT2D eigenvalue weighted by atomic mass is 35.5. The maximum atomic E-state index is 12.8. The van der Waals surface area contributed by atoms with Crippen LogP contribution in [-0.4, -0.2) is 52.0 Å². The minimum atomic E-state index is -4.91. The summed E-state index contributed by atoms with van der Waals surface area (Å²) in [4.78, 5) is 15.4. The Labute approximate surface area is 166 Å². The largest absolute Gasteiger partial charge is 0.416 e. The summed E-state index contributed by atoms with van der Waals surface area (Å²) in [7, 11) is 0. The smallest absolute Gasteiger partial charge is 0.385 e. The summed E-state index contributed by atoms with van der Waals surface area (Å²) in [5, 5.41) is 30.9. The van der Waals surface area contributed by atoms with E-state index in [0.717, 1.165) is 9.25 Å². The van der Waals surface area contributed by atoms with Gasteiger partial charge in [0.05, 0.1) is 6.54 Å². The van der Waals surface area contributed by atoms with Crippen molar-refractivity contribution in [3.05, 3.63) is 51.4 Å². The number of benzene rings is 1. The fourth-order valence-electron chi connectivity index (χ4n) is 2.51. The Morgan fingerprint density at radius 3 is 2.41 bits per heavy atom. The number of aliphatic hydroxyl groups excluding tert-OH is 2. The van der Waals surface area contributed by atoms with Crippen molar-refractivity contribution in [3.63, 3.8) is 0 Å². The van der Waals surface area contributed by atoms with Crippen LogP contribution in [0.25, 0.3) is 11.4 Å². The number of rotatable bonds is 6. The van der Waals surface area contributed by atoms with E-state index in [1.165, 1.54) is 31.2 Å². The lowest BCUT2D eigenvalue weighted by atomic mass is 10.2. The average Bonchev–Trinajstić information content (AvgIpc) is 3.22. The van der Waals surface area contributed by atoms with Crippen LogP contribution in [0.5, 0.6) is 0 Å². The van der Waals surface area contributed by atoms with Gasteiger partial charge in [0.2, 0.25) is 0 Å². The predicted octanol–water partition coefficient (Wildman–Crippen LogP) is 1.51. The molecule has 9 nitrogen and oxygen atoms in total. The lowest BCUT2D eigenvalue weighted by molar-refractivity contribution is -0.207. The molecule has 0 radical (unpaired) electrons. The molecule has 0 spiro atoms. The van der Waals surface area contributed by atoms with Gasteiger partial charge in [-0.3, -0.25) is 4.57 Å². The number of aromatic nitrogens is 6.